The zero-order chi connectivity index (χ0) is 33.6. The zero-order valence-corrected chi connectivity index (χ0v) is 27.4. The molecule has 0 aromatic carbocycles. The number of fused-ring (bicyclic) bond motifs is 6. The maximum absolute atomic E-state index is 12.9. The second-order valence-corrected chi connectivity index (χ2v) is 13.4. The molecule has 4 aliphatic rings. The molecule has 4 heterocycles. The lowest BCUT2D eigenvalue weighted by atomic mass is 9.74. The van der Waals surface area contributed by atoms with E-state index in [4.69, 9.17) is 33.2 Å². The van der Waals surface area contributed by atoms with Gasteiger partial charge in [0.05, 0.1) is 56.8 Å². The number of aliphatic hydroxyl groups excluding tert-OH is 2. The fraction of sp³-hybridized carbons (Fsp3) is 0.788. The Morgan fingerprint density at radius 3 is 2.41 bits per heavy atom. The van der Waals surface area contributed by atoms with E-state index in [9.17, 15) is 29.7 Å². The summed E-state index contributed by atoms with van der Waals surface area (Å²) in [5.41, 5.74) is -1.07. The first-order chi connectivity index (χ1) is 21.7. The van der Waals surface area contributed by atoms with E-state index in [-0.39, 0.29) is 49.6 Å². The molecule has 0 aromatic rings. The van der Waals surface area contributed by atoms with Gasteiger partial charge in [0, 0.05) is 31.3 Å². The monoisotopic (exact) mass is 654 g/mol. The largest absolute Gasteiger partial charge is 0.466 e. The average molecular weight is 655 g/mol. The predicted molar refractivity (Wildman–Crippen MR) is 161 cm³/mol. The van der Waals surface area contributed by atoms with Gasteiger partial charge in [0.25, 0.3) is 0 Å². The smallest absolute Gasteiger partial charge is 0.330 e. The molecule has 0 saturated carbocycles. The van der Waals surface area contributed by atoms with Gasteiger partial charge in [0.2, 0.25) is 5.79 Å². The van der Waals surface area contributed by atoms with Crippen LogP contribution in [0.1, 0.15) is 85.5 Å². The molecule has 3 saturated heterocycles. The van der Waals surface area contributed by atoms with Gasteiger partial charge in [-0.1, -0.05) is 19.9 Å². The van der Waals surface area contributed by atoms with E-state index >= 15 is 0 Å². The number of carbonyl (C=O) groups is 3. The zero-order valence-electron chi connectivity index (χ0n) is 27.4. The number of esters is 3. The van der Waals surface area contributed by atoms with Crippen molar-refractivity contribution in [2.45, 2.75) is 146 Å². The lowest BCUT2D eigenvalue weighted by Crippen LogP contribution is -2.62. The number of carbonyl (C=O) groups excluding carboxylic acids is 3. The van der Waals surface area contributed by atoms with Crippen molar-refractivity contribution in [3.05, 3.63) is 23.8 Å². The molecule has 13 nitrogen and oxygen atoms in total. The first-order valence-corrected chi connectivity index (χ1v) is 16.2. The Balaban J connectivity index is 1.72. The molecule has 6 bridgehead atoms. The Labute approximate surface area is 270 Å². The van der Waals surface area contributed by atoms with Crippen LogP contribution < -0.4 is 0 Å². The van der Waals surface area contributed by atoms with Crippen LogP contribution in [-0.2, 0) is 47.5 Å². The average Bonchev–Trinajstić information content (AvgIpc) is 2.97. The molecule has 4 rings (SSSR count). The van der Waals surface area contributed by atoms with E-state index in [0.717, 1.165) is 25.3 Å². The van der Waals surface area contributed by atoms with Crippen LogP contribution in [0.25, 0.3) is 0 Å². The van der Waals surface area contributed by atoms with Gasteiger partial charge in [0.1, 0.15) is 6.10 Å². The number of methoxy groups -OCH3 is 1. The lowest BCUT2D eigenvalue weighted by Gasteiger charge is -2.51. The summed E-state index contributed by atoms with van der Waals surface area (Å²) in [7, 11) is 1.20. The quantitative estimate of drug-likeness (QED) is 0.175. The molecule has 0 aliphatic carbocycles. The summed E-state index contributed by atoms with van der Waals surface area (Å²) in [5, 5.41) is 33.7. The molecule has 4 aliphatic heterocycles. The van der Waals surface area contributed by atoms with Gasteiger partial charge < -0.3 is 48.5 Å². The molecular formula is C33H50O13. The third-order valence-corrected chi connectivity index (χ3v) is 9.15. The highest BCUT2D eigenvalue weighted by Gasteiger charge is 2.57. The Hall–Kier alpha value is -2.39. The summed E-state index contributed by atoms with van der Waals surface area (Å²) in [6, 6.07) is 0. The summed E-state index contributed by atoms with van der Waals surface area (Å²) in [6.07, 6.45) is 1.43. The Morgan fingerprint density at radius 1 is 1.04 bits per heavy atom. The molecule has 10 atom stereocenters. The van der Waals surface area contributed by atoms with Crippen LogP contribution in [-0.4, -0.2) is 108 Å². The molecule has 46 heavy (non-hydrogen) atoms. The van der Waals surface area contributed by atoms with Crippen LogP contribution in [0.2, 0.25) is 0 Å². The van der Waals surface area contributed by atoms with Crippen LogP contribution in [0.15, 0.2) is 23.8 Å². The summed E-state index contributed by atoms with van der Waals surface area (Å²) in [6.45, 7) is 6.43. The fourth-order valence-electron chi connectivity index (χ4n) is 6.61. The van der Waals surface area contributed by atoms with Crippen molar-refractivity contribution in [2.24, 2.45) is 5.41 Å². The van der Waals surface area contributed by atoms with E-state index in [1.54, 1.807) is 26.0 Å². The molecule has 1 unspecified atom stereocenters. The fourth-order valence-corrected chi connectivity index (χ4v) is 6.61. The van der Waals surface area contributed by atoms with Crippen molar-refractivity contribution in [3.63, 3.8) is 0 Å². The summed E-state index contributed by atoms with van der Waals surface area (Å²) in [4.78, 5) is 37.7. The van der Waals surface area contributed by atoms with Gasteiger partial charge in [-0.25, -0.2) is 4.79 Å². The minimum atomic E-state index is -2.25. The molecular weight excluding hydrogens is 604 g/mol. The molecule has 0 amide bonds. The Bertz CT molecular complexity index is 1130. The maximum atomic E-state index is 12.9. The van der Waals surface area contributed by atoms with E-state index in [0.29, 0.717) is 19.4 Å². The van der Waals surface area contributed by atoms with Crippen LogP contribution >= 0.6 is 0 Å². The van der Waals surface area contributed by atoms with Crippen LogP contribution in [0, 0.1) is 5.41 Å². The van der Waals surface area contributed by atoms with Crippen LogP contribution in [0.5, 0.6) is 0 Å². The highest BCUT2D eigenvalue weighted by molar-refractivity contribution is 5.83. The van der Waals surface area contributed by atoms with Crippen molar-refractivity contribution >= 4 is 17.9 Å². The molecule has 13 heteroatoms. The minimum absolute atomic E-state index is 0.0186. The van der Waals surface area contributed by atoms with Crippen molar-refractivity contribution in [1.29, 1.82) is 0 Å². The number of cyclic esters (lactones) is 1. The normalized spacial score (nSPS) is 39.7. The second-order valence-electron chi connectivity index (χ2n) is 13.4. The number of rotatable bonds is 3. The number of ether oxygens (including phenoxy) is 7. The van der Waals surface area contributed by atoms with Gasteiger partial charge in [0.15, 0.2) is 12.4 Å². The Morgan fingerprint density at radius 2 is 1.74 bits per heavy atom. The number of aliphatic hydroxyl groups is 3. The van der Waals surface area contributed by atoms with Gasteiger partial charge in [-0.3, -0.25) is 9.59 Å². The lowest BCUT2D eigenvalue weighted by molar-refractivity contribution is -0.327. The predicted octanol–water partition coefficient (Wildman–Crippen LogP) is 2.37. The van der Waals surface area contributed by atoms with Crippen molar-refractivity contribution in [1.82, 2.24) is 0 Å². The Kier molecular flexibility index (Phi) is 12.4. The highest BCUT2D eigenvalue weighted by Crippen LogP contribution is 2.47. The minimum Gasteiger partial charge on any atom is -0.466 e. The van der Waals surface area contributed by atoms with E-state index in [2.05, 4.69) is 0 Å². The maximum Gasteiger partial charge on any atom is 0.330 e. The van der Waals surface area contributed by atoms with Crippen molar-refractivity contribution in [2.75, 3.05) is 13.7 Å². The second kappa shape index (κ2) is 15.7. The van der Waals surface area contributed by atoms with E-state index < -0.39 is 65.9 Å². The van der Waals surface area contributed by atoms with Crippen molar-refractivity contribution in [3.8, 4) is 0 Å². The number of hydrogen-bond donors (Lipinski definition) is 3. The third kappa shape index (κ3) is 9.36. The molecule has 3 N–H and O–H groups in total. The van der Waals surface area contributed by atoms with E-state index in [1.807, 2.05) is 0 Å². The van der Waals surface area contributed by atoms with Gasteiger partial charge in [-0.05, 0) is 57.1 Å². The van der Waals surface area contributed by atoms with Gasteiger partial charge in [-0.15, -0.1) is 0 Å². The SMILES string of the molecule is COC(=O)/C=C1\C[C@H]2C[C@H]([C@@H](C)O)OC(=O)C[C@H](O)C[C@@H]3CCC[C@H](CC4CCO[C@H](/C=C/C(C)(C)[C@](O)(O2)[C@H]1OC(C)=O)O4)O3. The van der Waals surface area contributed by atoms with E-state index in [1.165, 1.54) is 21.0 Å². The first kappa shape index (κ1) is 36.4. The molecule has 0 aromatic heterocycles. The summed E-state index contributed by atoms with van der Waals surface area (Å²) >= 11 is 0. The standard InChI is InChI=1S/C33H50O13/c1-19(34)27-18-26-13-21(14-28(37)40-5)31(42-20(2)35)33(39,46-26)32(3,4)11-9-30-41-12-10-25(44-30)17-24-8-6-7-23(43-24)15-22(36)16-29(38)45-27/h9,11,14,19,22-27,30-31,34,36,39H,6-8,10,12-13,15-18H2,1-5H3/b11-9+,21-14+/t19-,22-,23+,24-,25?,26+,27-,30+,31+,33-/m1/s1. The van der Waals surface area contributed by atoms with Gasteiger partial charge >= 0.3 is 17.9 Å². The summed E-state index contributed by atoms with van der Waals surface area (Å²) in [5.74, 6) is -4.41. The topological polar surface area (TPSA) is 177 Å². The molecule has 0 spiro atoms. The van der Waals surface area contributed by atoms with Crippen molar-refractivity contribution < 1.29 is 62.9 Å². The van der Waals surface area contributed by atoms with Gasteiger partial charge in [-0.2, -0.15) is 0 Å². The highest BCUT2D eigenvalue weighted by atomic mass is 16.7. The van der Waals surface area contributed by atoms with Crippen LogP contribution in [0.3, 0.4) is 0 Å². The molecule has 3 fully saturated rings. The molecule has 0 radical (unpaired) electrons. The molecule has 260 valence electrons. The summed E-state index contributed by atoms with van der Waals surface area (Å²) < 4.78 is 40.8. The van der Waals surface area contributed by atoms with Crippen LogP contribution in [0.4, 0.5) is 0 Å². The first-order valence-electron chi connectivity index (χ1n) is 16.2. The number of hydrogen-bond acceptors (Lipinski definition) is 13. The third-order valence-electron chi connectivity index (χ3n) is 9.15.